The fourth-order valence-electron chi connectivity index (χ4n) is 3.18. The summed E-state index contributed by atoms with van der Waals surface area (Å²) in [7, 11) is 1.67. The highest BCUT2D eigenvalue weighted by Gasteiger charge is 2.47. The van der Waals surface area contributed by atoms with Crippen molar-refractivity contribution in [1.29, 1.82) is 0 Å². The zero-order valence-electron chi connectivity index (χ0n) is 12.8. The number of β-amino-alcohol motifs (C(OH)–C–C–N with tert-alkyl or cyclic N) is 1. The largest absolute Gasteiger partial charge is 0.491 e. The van der Waals surface area contributed by atoms with E-state index in [2.05, 4.69) is 17.0 Å². The molecule has 0 spiro atoms. The fraction of sp³-hybridized carbons (Fsp3) is 0.647. The minimum Gasteiger partial charge on any atom is -0.491 e. The predicted octanol–water partition coefficient (Wildman–Crippen LogP) is 2.06. The van der Waals surface area contributed by atoms with Crippen molar-refractivity contribution in [2.75, 3.05) is 33.4 Å². The minimum absolute atomic E-state index is 0.413. The van der Waals surface area contributed by atoms with Gasteiger partial charge in [0.05, 0.1) is 12.2 Å². The molecule has 4 heteroatoms. The van der Waals surface area contributed by atoms with Gasteiger partial charge in [0.15, 0.2) is 0 Å². The molecule has 0 amide bonds. The van der Waals surface area contributed by atoms with Crippen molar-refractivity contribution in [3.63, 3.8) is 0 Å². The number of nitrogens with zero attached hydrogens (tertiary/aromatic N) is 1. The van der Waals surface area contributed by atoms with E-state index in [-0.39, 0.29) is 0 Å². The Hall–Kier alpha value is -1.10. The standard InChI is InChI=1S/C17H25NO3/c1-20-10-11-21-16-6-2-14(3-7-16)12-18-9-8-17(19,13-18)15-4-5-15/h2-3,6-7,15,19H,4-5,8-13H2,1H3. The molecule has 2 aliphatic rings. The maximum atomic E-state index is 10.6. The number of benzene rings is 1. The summed E-state index contributed by atoms with van der Waals surface area (Å²) in [6, 6.07) is 8.23. The third-order valence-electron chi connectivity index (χ3n) is 4.58. The van der Waals surface area contributed by atoms with E-state index in [0.717, 1.165) is 31.8 Å². The van der Waals surface area contributed by atoms with Gasteiger partial charge in [0, 0.05) is 26.7 Å². The molecule has 1 N–H and O–H groups in total. The fourth-order valence-corrected chi connectivity index (χ4v) is 3.18. The third-order valence-corrected chi connectivity index (χ3v) is 4.58. The molecule has 116 valence electrons. The van der Waals surface area contributed by atoms with Gasteiger partial charge in [0.1, 0.15) is 12.4 Å². The van der Waals surface area contributed by atoms with Crippen LogP contribution < -0.4 is 4.74 Å². The number of rotatable bonds is 7. The molecule has 1 saturated heterocycles. The van der Waals surface area contributed by atoms with E-state index in [1.807, 2.05) is 12.1 Å². The molecule has 1 aromatic carbocycles. The number of ether oxygens (including phenoxy) is 2. The second-order valence-electron chi connectivity index (χ2n) is 6.32. The van der Waals surface area contributed by atoms with E-state index in [9.17, 15) is 5.11 Å². The van der Waals surface area contributed by atoms with Crippen LogP contribution in [0, 0.1) is 5.92 Å². The maximum absolute atomic E-state index is 10.6. The molecule has 0 aromatic heterocycles. The quantitative estimate of drug-likeness (QED) is 0.781. The van der Waals surface area contributed by atoms with Gasteiger partial charge in [-0.25, -0.2) is 0 Å². The van der Waals surface area contributed by atoms with E-state index in [4.69, 9.17) is 9.47 Å². The molecular formula is C17H25NO3. The van der Waals surface area contributed by atoms with Gasteiger partial charge in [-0.3, -0.25) is 4.90 Å². The van der Waals surface area contributed by atoms with Gasteiger partial charge in [-0.2, -0.15) is 0 Å². The van der Waals surface area contributed by atoms with Crippen LogP contribution in [0.3, 0.4) is 0 Å². The summed E-state index contributed by atoms with van der Waals surface area (Å²) >= 11 is 0. The van der Waals surface area contributed by atoms with Crippen molar-refractivity contribution >= 4 is 0 Å². The Kier molecular flexibility index (Phi) is 4.48. The van der Waals surface area contributed by atoms with Crippen LogP contribution in [0.2, 0.25) is 0 Å². The van der Waals surface area contributed by atoms with Crippen LogP contribution in [0.1, 0.15) is 24.8 Å². The minimum atomic E-state index is -0.413. The lowest BCUT2D eigenvalue weighted by Gasteiger charge is -2.23. The summed E-state index contributed by atoms with van der Waals surface area (Å²) in [5.41, 5.74) is 0.859. The average molecular weight is 291 g/mol. The Bertz CT molecular complexity index is 458. The maximum Gasteiger partial charge on any atom is 0.119 e. The molecule has 1 aliphatic heterocycles. The first kappa shape index (κ1) is 14.8. The topological polar surface area (TPSA) is 41.9 Å². The molecule has 1 aliphatic carbocycles. The first-order valence-corrected chi connectivity index (χ1v) is 7.85. The smallest absolute Gasteiger partial charge is 0.119 e. The van der Waals surface area contributed by atoms with Crippen molar-refractivity contribution in [1.82, 2.24) is 4.90 Å². The van der Waals surface area contributed by atoms with Gasteiger partial charge in [0.25, 0.3) is 0 Å². The molecule has 2 fully saturated rings. The van der Waals surface area contributed by atoms with E-state index in [0.29, 0.717) is 19.1 Å². The van der Waals surface area contributed by atoms with Crippen molar-refractivity contribution in [2.45, 2.75) is 31.4 Å². The summed E-state index contributed by atoms with van der Waals surface area (Å²) in [5.74, 6) is 1.44. The zero-order valence-corrected chi connectivity index (χ0v) is 12.8. The lowest BCUT2D eigenvalue weighted by Crippen LogP contribution is -2.35. The van der Waals surface area contributed by atoms with Gasteiger partial charge in [-0.15, -0.1) is 0 Å². The van der Waals surface area contributed by atoms with Crippen LogP contribution in [-0.2, 0) is 11.3 Å². The predicted molar refractivity (Wildman–Crippen MR) is 81.4 cm³/mol. The summed E-state index contributed by atoms with van der Waals surface area (Å²) in [6.07, 6.45) is 3.34. The normalized spacial score (nSPS) is 26.2. The monoisotopic (exact) mass is 291 g/mol. The summed E-state index contributed by atoms with van der Waals surface area (Å²) in [4.78, 5) is 2.36. The van der Waals surface area contributed by atoms with Crippen LogP contribution in [-0.4, -0.2) is 49.0 Å². The molecule has 0 radical (unpaired) electrons. The highest BCUT2D eigenvalue weighted by atomic mass is 16.5. The third kappa shape index (κ3) is 3.76. The summed E-state index contributed by atoms with van der Waals surface area (Å²) in [5, 5.41) is 10.6. The number of hydrogen-bond acceptors (Lipinski definition) is 4. The molecule has 1 atom stereocenters. The molecule has 1 unspecified atom stereocenters. The van der Waals surface area contributed by atoms with E-state index in [1.165, 1.54) is 18.4 Å². The van der Waals surface area contributed by atoms with E-state index >= 15 is 0 Å². The average Bonchev–Trinajstić information content (AvgIpc) is 3.27. The van der Waals surface area contributed by atoms with Gasteiger partial charge in [-0.05, 0) is 42.9 Å². The molecule has 3 rings (SSSR count). The summed E-state index contributed by atoms with van der Waals surface area (Å²) < 4.78 is 10.5. The first-order valence-electron chi connectivity index (χ1n) is 7.85. The van der Waals surface area contributed by atoms with Gasteiger partial charge < -0.3 is 14.6 Å². The Morgan fingerprint density at radius 3 is 2.67 bits per heavy atom. The SMILES string of the molecule is COCCOc1ccc(CN2CCC(O)(C3CC3)C2)cc1. The molecule has 0 bridgehead atoms. The van der Waals surface area contributed by atoms with Crippen molar-refractivity contribution in [2.24, 2.45) is 5.92 Å². The van der Waals surface area contributed by atoms with E-state index < -0.39 is 5.60 Å². The van der Waals surface area contributed by atoms with Crippen LogP contribution in [0.25, 0.3) is 0 Å². The van der Waals surface area contributed by atoms with Crippen LogP contribution in [0.5, 0.6) is 5.75 Å². The Labute approximate surface area is 126 Å². The molecular weight excluding hydrogens is 266 g/mol. The van der Waals surface area contributed by atoms with E-state index in [1.54, 1.807) is 7.11 Å². The Morgan fingerprint density at radius 1 is 1.24 bits per heavy atom. The van der Waals surface area contributed by atoms with Crippen LogP contribution in [0.4, 0.5) is 0 Å². The van der Waals surface area contributed by atoms with Gasteiger partial charge in [-0.1, -0.05) is 12.1 Å². The lowest BCUT2D eigenvalue weighted by atomic mass is 9.97. The van der Waals surface area contributed by atoms with Gasteiger partial charge in [0.2, 0.25) is 0 Å². The lowest BCUT2D eigenvalue weighted by molar-refractivity contribution is 0.0263. The zero-order chi connectivity index (χ0) is 14.7. The molecule has 1 heterocycles. The number of methoxy groups -OCH3 is 1. The molecule has 4 nitrogen and oxygen atoms in total. The number of likely N-dealkylation sites (tertiary alicyclic amines) is 1. The van der Waals surface area contributed by atoms with Crippen molar-refractivity contribution < 1.29 is 14.6 Å². The highest BCUT2D eigenvalue weighted by molar-refractivity contribution is 5.27. The van der Waals surface area contributed by atoms with Crippen LogP contribution in [0.15, 0.2) is 24.3 Å². The number of hydrogen-bond donors (Lipinski definition) is 1. The molecule has 1 saturated carbocycles. The second kappa shape index (κ2) is 6.34. The Morgan fingerprint density at radius 2 is 2.00 bits per heavy atom. The molecule has 21 heavy (non-hydrogen) atoms. The summed E-state index contributed by atoms with van der Waals surface area (Å²) in [6.45, 7) is 3.92. The second-order valence-corrected chi connectivity index (χ2v) is 6.32. The first-order chi connectivity index (χ1) is 10.2. The highest BCUT2D eigenvalue weighted by Crippen LogP contribution is 2.44. The molecule has 1 aromatic rings. The van der Waals surface area contributed by atoms with Crippen molar-refractivity contribution in [3.8, 4) is 5.75 Å². The van der Waals surface area contributed by atoms with Gasteiger partial charge >= 0.3 is 0 Å². The Balaban J connectivity index is 1.49. The number of aliphatic hydroxyl groups is 1. The van der Waals surface area contributed by atoms with Crippen LogP contribution >= 0.6 is 0 Å². The van der Waals surface area contributed by atoms with Crippen molar-refractivity contribution in [3.05, 3.63) is 29.8 Å².